The molecule has 5 nitrogen and oxygen atoms in total. The van der Waals surface area contributed by atoms with Gasteiger partial charge in [-0.15, -0.1) is 0 Å². The van der Waals surface area contributed by atoms with Gasteiger partial charge in [-0.3, -0.25) is 4.79 Å². The molecule has 0 aliphatic heterocycles. The van der Waals surface area contributed by atoms with Crippen molar-refractivity contribution in [2.45, 2.75) is 32.2 Å². The van der Waals surface area contributed by atoms with Crippen LogP contribution in [-0.4, -0.2) is 26.8 Å². The fraction of sp³-hybridized carbons (Fsp3) is 0.462. The first-order chi connectivity index (χ1) is 8.22. The monoisotopic (exact) mass is 253 g/mol. The quantitative estimate of drug-likeness (QED) is 0.595. The Labute approximate surface area is 106 Å². The molecule has 0 fully saturated rings. The van der Waals surface area contributed by atoms with E-state index in [0.29, 0.717) is 12.0 Å². The van der Waals surface area contributed by atoms with Crippen LogP contribution in [0.5, 0.6) is 11.5 Å². The van der Waals surface area contributed by atoms with Gasteiger partial charge in [0.1, 0.15) is 17.0 Å². The zero-order valence-corrected chi connectivity index (χ0v) is 10.6. The third-order valence-electron chi connectivity index (χ3n) is 2.89. The molecule has 0 aromatic heterocycles. The number of hydrogen-bond donors (Lipinski definition) is 4. The molecule has 5 heteroatoms. The van der Waals surface area contributed by atoms with E-state index in [-0.39, 0.29) is 23.8 Å². The number of benzene rings is 1. The summed E-state index contributed by atoms with van der Waals surface area (Å²) in [6, 6.07) is 4.28. The molecule has 0 aliphatic carbocycles. The van der Waals surface area contributed by atoms with E-state index in [1.807, 2.05) is 6.92 Å². The summed E-state index contributed by atoms with van der Waals surface area (Å²) in [7, 11) is 0. The van der Waals surface area contributed by atoms with Crippen molar-refractivity contribution in [3.63, 3.8) is 0 Å². The van der Waals surface area contributed by atoms with Gasteiger partial charge in [0.05, 0.1) is 0 Å². The molecule has 0 radical (unpaired) electrons. The van der Waals surface area contributed by atoms with Crippen LogP contribution in [0.15, 0.2) is 18.2 Å². The lowest BCUT2D eigenvalue weighted by atomic mass is 9.87. The van der Waals surface area contributed by atoms with E-state index in [2.05, 4.69) is 0 Å². The molecule has 0 bridgehead atoms. The van der Waals surface area contributed by atoms with Crippen LogP contribution in [0.2, 0.25) is 0 Å². The largest absolute Gasteiger partial charge is 0.508 e. The molecule has 100 valence electrons. The molecular formula is C13H19NO4. The number of aliphatic carboxylic acids is 1. The van der Waals surface area contributed by atoms with E-state index in [1.54, 1.807) is 0 Å². The van der Waals surface area contributed by atoms with Gasteiger partial charge in [0.25, 0.3) is 0 Å². The first kappa shape index (κ1) is 14.3. The highest BCUT2D eigenvalue weighted by atomic mass is 16.4. The molecule has 0 saturated heterocycles. The van der Waals surface area contributed by atoms with Crippen LogP contribution >= 0.6 is 0 Å². The second-order valence-electron chi connectivity index (χ2n) is 5.05. The van der Waals surface area contributed by atoms with Gasteiger partial charge in [-0.2, -0.15) is 0 Å². The molecule has 1 aromatic carbocycles. The molecule has 0 spiro atoms. The van der Waals surface area contributed by atoms with Crippen LogP contribution in [0.25, 0.3) is 0 Å². The number of nitrogens with two attached hydrogens (primary N) is 1. The average Bonchev–Trinajstić information content (AvgIpc) is 2.22. The minimum atomic E-state index is -1.29. The lowest BCUT2D eigenvalue weighted by Gasteiger charge is -2.23. The number of aromatic hydroxyl groups is 2. The predicted octanol–water partition coefficient (Wildman–Crippen LogP) is 1.47. The number of rotatable bonds is 5. The molecule has 18 heavy (non-hydrogen) atoms. The highest BCUT2D eigenvalue weighted by molar-refractivity contribution is 5.77. The molecule has 0 aliphatic rings. The Balaban J connectivity index is 2.73. The highest BCUT2D eigenvalue weighted by Crippen LogP contribution is 2.27. The van der Waals surface area contributed by atoms with Gasteiger partial charge >= 0.3 is 5.97 Å². The molecule has 1 aromatic rings. The van der Waals surface area contributed by atoms with Crippen LogP contribution in [0.1, 0.15) is 25.8 Å². The third-order valence-corrected chi connectivity index (χ3v) is 2.89. The Morgan fingerprint density at radius 1 is 1.44 bits per heavy atom. The second-order valence-corrected chi connectivity index (χ2v) is 5.05. The van der Waals surface area contributed by atoms with E-state index >= 15 is 0 Å². The summed E-state index contributed by atoms with van der Waals surface area (Å²) in [5, 5.41) is 27.9. The van der Waals surface area contributed by atoms with Gasteiger partial charge in [0, 0.05) is 0 Å². The van der Waals surface area contributed by atoms with Gasteiger partial charge in [0.15, 0.2) is 0 Å². The van der Waals surface area contributed by atoms with Gasteiger partial charge in [-0.25, -0.2) is 0 Å². The molecule has 0 amide bonds. The van der Waals surface area contributed by atoms with Crippen molar-refractivity contribution in [2.24, 2.45) is 11.7 Å². The van der Waals surface area contributed by atoms with Gasteiger partial charge in [0.2, 0.25) is 0 Å². The lowest BCUT2D eigenvalue weighted by Crippen LogP contribution is -2.46. The van der Waals surface area contributed by atoms with Crippen molar-refractivity contribution in [3.8, 4) is 11.5 Å². The fourth-order valence-corrected chi connectivity index (χ4v) is 1.99. The first-order valence-corrected chi connectivity index (χ1v) is 5.75. The van der Waals surface area contributed by atoms with Crippen LogP contribution in [0.4, 0.5) is 0 Å². The summed E-state index contributed by atoms with van der Waals surface area (Å²) in [4.78, 5) is 10.9. The minimum absolute atomic E-state index is 0.0243. The van der Waals surface area contributed by atoms with E-state index < -0.39 is 11.5 Å². The Morgan fingerprint density at radius 2 is 2.06 bits per heavy atom. The lowest BCUT2D eigenvalue weighted by molar-refractivity contribution is -0.143. The van der Waals surface area contributed by atoms with Crippen molar-refractivity contribution in [1.29, 1.82) is 0 Å². The van der Waals surface area contributed by atoms with E-state index in [1.165, 1.54) is 25.1 Å². The smallest absolute Gasteiger partial charge is 0.323 e. The normalized spacial score (nSPS) is 15.9. The summed E-state index contributed by atoms with van der Waals surface area (Å²) in [6.07, 6.45) is 0.748. The number of carboxylic acid groups (broad SMARTS) is 1. The Hall–Kier alpha value is -1.75. The van der Waals surface area contributed by atoms with Crippen molar-refractivity contribution >= 4 is 5.97 Å². The standard InChI is InChI=1S/C13H19NO4/c1-8(7-13(2,14)12(17)18)5-9-6-10(15)3-4-11(9)16/h3-4,6,8,15-16H,5,7,14H2,1-2H3,(H,17,18). The summed E-state index contributed by atoms with van der Waals surface area (Å²) in [5.74, 6) is -0.907. The Morgan fingerprint density at radius 3 is 2.61 bits per heavy atom. The molecule has 5 N–H and O–H groups in total. The van der Waals surface area contributed by atoms with Crippen LogP contribution in [-0.2, 0) is 11.2 Å². The van der Waals surface area contributed by atoms with Crippen molar-refractivity contribution in [1.82, 2.24) is 0 Å². The molecule has 0 heterocycles. The molecular weight excluding hydrogens is 234 g/mol. The van der Waals surface area contributed by atoms with Crippen LogP contribution in [0.3, 0.4) is 0 Å². The summed E-state index contributed by atoms with van der Waals surface area (Å²) in [6.45, 7) is 3.33. The van der Waals surface area contributed by atoms with Crippen LogP contribution in [0, 0.1) is 5.92 Å². The average molecular weight is 253 g/mol. The van der Waals surface area contributed by atoms with Crippen molar-refractivity contribution < 1.29 is 20.1 Å². The zero-order valence-electron chi connectivity index (χ0n) is 10.6. The number of hydrogen-bond acceptors (Lipinski definition) is 4. The summed E-state index contributed by atoms with van der Waals surface area (Å²) < 4.78 is 0. The molecule has 0 saturated carbocycles. The zero-order chi connectivity index (χ0) is 13.9. The number of carbonyl (C=O) groups is 1. The van der Waals surface area contributed by atoms with Gasteiger partial charge in [-0.1, -0.05) is 6.92 Å². The SMILES string of the molecule is CC(Cc1cc(O)ccc1O)CC(C)(N)C(=O)O. The fourth-order valence-electron chi connectivity index (χ4n) is 1.99. The number of carboxylic acids is 1. The molecule has 2 atom stereocenters. The number of phenolic OH excluding ortho intramolecular Hbond substituents is 2. The summed E-state index contributed by atoms with van der Waals surface area (Å²) >= 11 is 0. The highest BCUT2D eigenvalue weighted by Gasteiger charge is 2.30. The number of phenols is 2. The summed E-state index contributed by atoms with van der Waals surface area (Å²) in [5.41, 5.74) is 4.97. The van der Waals surface area contributed by atoms with E-state index in [0.717, 1.165) is 0 Å². The first-order valence-electron chi connectivity index (χ1n) is 5.75. The maximum Gasteiger partial charge on any atom is 0.323 e. The van der Waals surface area contributed by atoms with Crippen molar-refractivity contribution in [3.05, 3.63) is 23.8 Å². The Kier molecular flexibility index (Phi) is 4.19. The maximum atomic E-state index is 10.9. The molecule has 1 rings (SSSR count). The topological polar surface area (TPSA) is 104 Å². The van der Waals surface area contributed by atoms with E-state index in [4.69, 9.17) is 10.8 Å². The Bertz CT molecular complexity index is 443. The van der Waals surface area contributed by atoms with Crippen molar-refractivity contribution in [2.75, 3.05) is 0 Å². The predicted molar refractivity (Wildman–Crippen MR) is 67.5 cm³/mol. The van der Waals surface area contributed by atoms with Gasteiger partial charge < -0.3 is 21.1 Å². The third kappa shape index (κ3) is 3.63. The van der Waals surface area contributed by atoms with E-state index in [9.17, 15) is 15.0 Å². The van der Waals surface area contributed by atoms with Crippen LogP contribution < -0.4 is 5.73 Å². The second kappa shape index (κ2) is 5.27. The molecule has 2 unspecified atom stereocenters. The minimum Gasteiger partial charge on any atom is -0.508 e. The maximum absolute atomic E-state index is 10.9. The van der Waals surface area contributed by atoms with Gasteiger partial charge in [-0.05, 0) is 49.4 Å².